The van der Waals surface area contributed by atoms with Crippen molar-refractivity contribution >= 4 is 21.7 Å². The number of urea groups is 1. The molecule has 2 aliphatic heterocycles. The fourth-order valence-electron chi connectivity index (χ4n) is 4.77. The van der Waals surface area contributed by atoms with Gasteiger partial charge in [-0.05, 0) is 59.7 Å². The molecule has 4 rings (SSSR count). The van der Waals surface area contributed by atoms with Crippen LogP contribution in [0.3, 0.4) is 0 Å². The van der Waals surface area contributed by atoms with Crippen molar-refractivity contribution in [1.29, 1.82) is 0 Å². The maximum atomic E-state index is 13.5. The number of benzene rings is 2. The first-order valence-corrected chi connectivity index (χ1v) is 14.5. The van der Waals surface area contributed by atoms with E-state index in [0.717, 1.165) is 29.5 Å². The molecule has 9 nitrogen and oxygen atoms in total. The van der Waals surface area contributed by atoms with E-state index in [1.165, 1.54) is 12.1 Å². The molecule has 1 N–H and O–H groups in total. The molecule has 2 heterocycles. The summed E-state index contributed by atoms with van der Waals surface area (Å²) in [4.78, 5) is 14.3. The summed E-state index contributed by atoms with van der Waals surface area (Å²) in [6, 6.07) is 12.1. The van der Waals surface area contributed by atoms with Gasteiger partial charge in [-0.1, -0.05) is 18.2 Å². The molecule has 0 spiro atoms. The minimum absolute atomic E-state index is 0.0405. The van der Waals surface area contributed by atoms with Crippen LogP contribution in [0.2, 0.25) is 0 Å². The Labute approximate surface area is 223 Å². The zero-order valence-electron chi connectivity index (χ0n) is 21.7. The summed E-state index contributed by atoms with van der Waals surface area (Å²) in [5, 5.41) is 2.91. The number of hydrogen-bond donors (Lipinski definition) is 1. The number of anilines is 1. The summed E-state index contributed by atoms with van der Waals surface area (Å²) in [6.07, 6.45) is 1.48. The molecule has 0 unspecified atom stereocenters. The minimum atomic E-state index is -3.37. The molecular formula is C27H36FN3O6S. The number of nitrogens with zero attached hydrogens (tertiary/aromatic N) is 2. The van der Waals surface area contributed by atoms with Crippen molar-refractivity contribution in [3.8, 4) is 0 Å². The summed E-state index contributed by atoms with van der Waals surface area (Å²) in [6.45, 7) is 3.69. The second-order valence-corrected chi connectivity index (χ2v) is 11.6. The number of hydrogen-bond acceptors (Lipinski definition) is 6. The molecule has 1 fully saturated rings. The van der Waals surface area contributed by atoms with Crippen molar-refractivity contribution in [3.63, 3.8) is 0 Å². The van der Waals surface area contributed by atoms with Gasteiger partial charge in [0.1, 0.15) is 5.82 Å². The number of carbonyl (C=O) groups is 1. The lowest BCUT2D eigenvalue weighted by molar-refractivity contribution is 0.0282. The first kappa shape index (κ1) is 28.4. The van der Waals surface area contributed by atoms with Crippen LogP contribution < -0.4 is 5.32 Å². The smallest absolute Gasteiger partial charge is 0.322 e. The van der Waals surface area contributed by atoms with Gasteiger partial charge in [0.2, 0.25) is 10.0 Å². The van der Waals surface area contributed by atoms with Crippen molar-refractivity contribution in [1.82, 2.24) is 9.21 Å². The third kappa shape index (κ3) is 7.73. The van der Waals surface area contributed by atoms with Crippen LogP contribution in [0, 0.1) is 5.82 Å². The van der Waals surface area contributed by atoms with Crippen LogP contribution in [0.1, 0.15) is 35.4 Å². The molecule has 0 radical (unpaired) electrons. The SMILES string of the molecule is COCCOCCOCCS(=O)(=O)N1CCC(c2ccc(NC(=O)N3Cc4ccc(F)cc4C3)cc2)CC1. The van der Waals surface area contributed by atoms with Crippen LogP contribution in [0.25, 0.3) is 0 Å². The molecule has 1 saturated heterocycles. The Morgan fingerprint density at radius 1 is 0.947 bits per heavy atom. The summed E-state index contributed by atoms with van der Waals surface area (Å²) in [7, 11) is -1.76. The lowest BCUT2D eigenvalue weighted by Gasteiger charge is -2.31. The molecule has 2 aliphatic rings. The number of rotatable bonds is 12. The quantitative estimate of drug-likeness (QED) is 0.407. The molecular weight excluding hydrogens is 513 g/mol. The second kappa shape index (κ2) is 13.5. The number of sulfonamides is 1. The van der Waals surface area contributed by atoms with Gasteiger partial charge in [-0.3, -0.25) is 0 Å². The van der Waals surface area contributed by atoms with Crippen molar-refractivity contribution in [3.05, 3.63) is 65.0 Å². The molecule has 0 saturated carbocycles. The van der Waals surface area contributed by atoms with Gasteiger partial charge < -0.3 is 24.4 Å². The van der Waals surface area contributed by atoms with Gasteiger partial charge in [0.25, 0.3) is 0 Å². The lowest BCUT2D eigenvalue weighted by atomic mass is 9.90. The highest BCUT2D eigenvalue weighted by Crippen LogP contribution is 2.30. The third-order valence-corrected chi connectivity index (χ3v) is 8.78. The van der Waals surface area contributed by atoms with Crippen LogP contribution in [-0.4, -0.2) is 82.6 Å². The maximum absolute atomic E-state index is 13.5. The summed E-state index contributed by atoms with van der Waals surface area (Å²) < 4.78 is 56.0. The molecule has 0 atom stereocenters. The number of carbonyl (C=O) groups excluding carboxylic acids is 1. The zero-order valence-corrected chi connectivity index (χ0v) is 22.6. The van der Waals surface area contributed by atoms with Gasteiger partial charge >= 0.3 is 6.03 Å². The Kier molecular flexibility index (Phi) is 10.1. The minimum Gasteiger partial charge on any atom is -0.382 e. The van der Waals surface area contributed by atoms with Gasteiger partial charge in [0.05, 0.1) is 38.8 Å². The number of nitrogens with one attached hydrogen (secondary N) is 1. The van der Waals surface area contributed by atoms with E-state index in [1.807, 2.05) is 24.3 Å². The fourth-order valence-corrected chi connectivity index (χ4v) is 6.13. The first-order chi connectivity index (χ1) is 18.4. The van der Waals surface area contributed by atoms with E-state index in [0.29, 0.717) is 58.3 Å². The van der Waals surface area contributed by atoms with Gasteiger partial charge in [0.15, 0.2) is 0 Å². The molecule has 0 aliphatic carbocycles. The Morgan fingerprint density at radius 2 is 1.61 bits per heavy atom. The predicted octanol–water partition coefficient (Wildman–Crippen LogP) is 3.56. The number of fused-ring (bicyclic) bond motifs is 1. The Balaban J connectivity index is 1.18. The van der Waals surface area contributed by atoms with E-state index in [9.17, 15) is 17.6 Å². The lowest BCUT2D eigenvalue weighted by Crippen LogP contribution is -2.40. The molecule has 208 valence electrons. The molecule has 2 aromatic rings. The van der Waals surface area contributed by atoms with Gasteiger partial charge in [0, 0.05) is 39.0 Å². The molecule has 0 aromatic heterocycles. The first-order valence-electron chi connectivity index (χ1n) is 12.9. The monoisotopic (exact) mass is 549 g/mol. The molecule has 38 heavy (non-hydrogen) atoms. The highest BCUT2D eigenvalue weighted by atomic mass is 32.2. The van der Waals surface area contributed by atoms with E-state index in [2.05, 4.69) is 5.32 Å². The van der Waals surface area contributed by atoms with Gasteiger partial charge in [-0.2, -0.15) is 0 Å². The van der Waals surface area contributed by atoms with Crippen molar-refractivity contribution in [2.75, 3.05) is 64.3 Å². The Morgan fingerprint density at radius 3 is 2.32 bits per heavy atom. The van der Waals surface area contributed by atoms with Crippen molar-refractivity contribution in [2.24, 2.45) is 0 Å². The number of ether oxygens (including phenoxy) is 3. The van der Waals surface area contributed by atoms with E-state index in [4.69, 9.17) is 14.2 Å². The summed E-state index contributed by atoms with van der Waals surface area (Å²) >= 11 is 0. The van der Waals surface area contributed by atoms with Gasteiger partial charge in [-0.25, -0.2) is 21.9 Å². The third-order valence-electron chi connectivity index (χ3n) is 6.95. The average molecular weight is 550 g/mol. The highest BCUT2D eigenvalue weighted by molar-refractivity contribution is 7.89. The number of amides is 2. The number of halogens is 1. The molecule has 11 heteroatoms. The average Bonchev–Trinajstić information content (AvgIpc) is 3.34. The van der Waals surface area contributed by atoms with E-state index in [-0.39, 0.29) is 30.1 Å². The topological polar surface area (TPSA) is 97.4 Å². The van der Waals surface area contributed by atoms with Crippen LogP contribution in [-0.2, 0) is 37.3 Å². The van der Waals surface area contributed by atoms with Crippen LogP contribution in [0.4, 0.5) is 14.9 Å². The normalized spacial score (nSPS) is 16.5. The van der Waals surface area contributed by atoms with E-state index >= 15 is 0 Å². The van der Waals surface area contributed by atoms with Crippen LogP contribution in [0.5, 0.6) is 0 Å². The number of methoxy groups -OCH3 is 1. The van der Waals surface area contributed by atoms with Gasteiger partial charge in [-0.15, -0.1) is 0 Å². The van der Waals surface area contributed by atoms with Crippen molar-refractivity contribution < 1.29 is 31.8 Å². The highest BCUT2D eigenvalue weighted by Gasteiger charge is 2.29. The zero-order chi connectivity index (χ0) is 27.0. The summed E-state index contributed by atoms with van der Waals surface area (Å²) in [5.74, 6) is -0.0782. The van der Waals surface area contributed by atoms with E-state index < -0.39 is 10.0 Å². The van der Waals surface area contributed by atoms with Crippen LogP contribution >= 0.6 is 0 Å². The molecule has 2 amide bonds. The standard InChI is InChI=1S/C27H36FN3O6S/c1-35-12-13-36-14-15-37-16-17-38(33,34)31-10-8-22(9-11-31)21-3-6-26(7-4-21)29-27(32)30-19-23-2-5-25(28)18-24(23)20-30/h2-7,18,22H,8-17,19-20H2,1H3,(H,29,32). The Hall–Kier alpha value is -2.57. The fraction of sp³-hybridized carbons (Fsp3) is 0.519. The van der Waals surface area contributed by atoms with Crippen LogP contribution in [0.15, 0.2) is 42.5 Å². The molecule has 2 aromatic carbocycles. The predicted molar refractivity (Wildman–Crippen MR) is 142 cm³/mol. The van der Waals surface area contributed by atoms with E-state index in [1.54, 1.807) is 22.4 Å². The summed E-state index contributed by atoms with van der Waals surface area (Å²) in [5.41, 5.74) is 3.60. The van der Waals surface area contributed by atoms with Crippen molar-refractivity contribution in [2.45, 2.75) is 31.8 Å². The number of piperidine rings is 1. The molecule has 0 bridgehead atoms. The Bertz CT molecular complexity index is 1170. The maximum Gasteiger partial charge on any atom is 0.322 e. The largest absolute Gasteiger partial charge is 0.382 e. The second-order valence-electron chi connectivity index (χ2n) is 9.53.